The van der Waals surface area contributed by atoms with Crippen molar-refractivity contribution >= 4 is 23.3 Å². The first-order chi connectivity index (χ1) is 7.87. The quantitative estimate of drug-likeness (QED) is 0.781. The number of nitrogens with zero attached hydrogens (tertiary/aromatic N) is 2. The lowest BCUT2D eigenvalue weighted by Gasteiger charge is -2.20. The SMILES string of the molecule is CC1(C)CCN(C(=O)c2cc(N)nc(Cl)c2)C1. The fourth-order valence-corrected chi connectivity index (χ4v) is 2.32. The standard InChI is InChI=1S/C12H16ClN3O/c1-12(2)3-4-16(7-12)11(17)8-5-9(13)15-10(14)6-8/h5-6H,3-4,7H2,1-2H3,(H2,14,15). The fourth-order valence-electron chi connectivity index (χ4n) is 2.11. The minimum atomic E-state index is -0.0217. The Morgan fingerprint density at radius 1 is 1.53 bits per heavy atom. The third-order valence-corrected chi connectivity index (χ3v) is 3.22. The molecule has 2 heterocycles. The molecule has 17 heavy (non-hydrogen) atoms. The van der Waals surface area contributed by atoms with Gasteiger partial charge in [-0.25, -0.2) is 4.98 Å². The first kappa shape index (κ1) is 12.2. The number of hydrogen-bond acceptors (Lipinski definition) is 3. The van der Waals surface area contributed by atoms with Crippen LogP contribution in [0.5, 0.6) is 0 Å². The first-order valence-electron chi connectivity index (χ1n) is 5.60. The van der Waals surface area contributed by atoms with Crippen LogP contribution in [0.2, 0.25) is 5.15 Å². The Morgan fingerprint density at radius 2 is 2.24 bits per heavy atom. The maximum Gasteiger partial charge on any atom is 0.254 e. The number of nitrogen functional groups attached to an aromatic ring is 1. The zero-order valence-corrected chi connectivity index (χ0v) is 10.8. The molecule has 2 N–H and O–H groups in total. The molecule has 0 unspecified atom stereocenters. The van der Waals surface area contributed by atoms with E-state index in [4.69, 9.17) is 17.3 Å². The average molecular weight is 254 g/mol. The Labute approximate surface area is 106 Å². The van der Waals surface area contributed by atoms with Crippen LogP contribution < -0.4 is 5.73 Å². The number of likely N-dealkylation sites (tertiary alicyclic amines) is 1. The molecule has 1 aliphatic heterocycles. The largest absolute Gasteiger partial charge is 0.384 e. The number of hydrogen-bond donors (Lipinski definition) is 1. The lowest BCUT2D eigenvalue weighted by molar-refractivity contribution is 0.0778. The Morgan fingerprint density at radius 3 is 2.76 bits per heavy atom. The van der Waals surface area contributed by atoms with Crippen LogP contribution in [0.25, 0.3) is 0 Å². The van der Waals surface area contributed by atoms with Crippen molar-refractivity contribution in [3.8, 4) is 0 Å². The fraction of sp³-hybridized carbons (Fsp3) is 0.500. The smallest absolute Gasteiger partial charge is 0.254 e. The van der Waals surface area contributed by atoms with Gasteiger partial charge in [0.25, 0.3) is 5.91 Å². The van der Waals surface area contributed by atoms with Gasteiger partial charge in [0.05, 0.1) is 0 Å². The summed E-state index contributed by atoms with van der Waals surface area (Å²) in [6, 6.07) is 3.13. The number of aromatic nitrogens is 1. The number of halogens is 1. The summed E-state index contributed by atoms with van der Waals surface area (Å²) in [5.41, 5.74) is 6.29. The number of carbonyl (C=O) groups is 1. The van der Waals surface area contributed by atoms with Crippen LogP contribution in [0.4, 0.5) is 5.82 Å². The minimum Gasteiger partial charge on any atom is -0.384 e. The molecule has 92 valence electrons. The summed E-state index contributed by atoms with van der Waals surface area (Å²) < 4.78 is 0. The van der Waals surface area contributed by atoms with Crippen LogP contribution in [0.15, 0.2) is 12.1 Å². The highest BCUT2D eigenvalue weighted by Crippen LogP contribution is 2.30. The normalized spacial score (nSPS) is 18.4. The van der Waals surface area contributed by atoms with E-state index in [1.54, 1.807) is 12.1 Å². The highest BCUT2D eigenvalue weighted by molar-refractivity contribution is 6.29. The van der Waals surface area contributed by atoms with E-state index in [2.05, 4.69) is 18.8 Å². The van der Waals surface area contributed by atoms with E-state index in [1.165, 1.54) is 0 Å². The van der Waals surface area contributed by atoms with Crippen molar-refractivity contribution < 1.29 is 4.79 Å². The van der Waals surface area contributed by atoms with Crippen LogP contribution in [-0.4, -0.2) is 28.9 Å². The summed E-state index contributed by atoms with van der Waals surface area (Å²) in [4.78, 5) is 17.9. The summed E-state index contributed by atoms with van der Waals surface area (Å²) in [6.07, 6.45) is 1.02. The van der Waals surface area contributed by atoms with Gasteiger partial charge in [0.1, 0.15) is 11.0 Å². The second-order valence-electron chi connectivity index (χ2n) is 5.24. The topological polar surface area (TPSA) is 59.2 Å². The number of carbonyl (C=O) groups excluding carboxylic acids is 1. The summed E-state index contributed by atoms with van der Waals surface area (Å²) >= 11 is 5.80. The van der Waals surface area contributed by atoms with Gasteiger partial charge in [-0.1, -0.05) is 25.4 Å². The molecule has 1 aromatic heterocycles. The first-order valence-corrected chi connectivity index (χ1v) is 5.97. The van der Waals surface area contributed by atoms with Crippen LogP contribution in [-0.2, 0) is 0 Å². The van der Waals surface area contributed by atoms with Gasteiger partial charge in [-0.3, -0.25) is 4.79 Å². The van der Waals surface area contributed by atoms with Gasteiger partial charge in [-0.05, 0) is 24.0 Å². The number of rotatable bonds is 1. The third-order valence-electron chi connectivity index (χ3n) is 3.03. The van der Waals surface area contributed by atoms with Crippen molar-refractivity contribution in [2.24, 2.45) is 5.41 Å². The Kier molecular flexibility index (Phi) is 3.00. The molecule has 0 spiro atoms. The van der Waals surface area contributed by atoms with Gasteiger partial charge >= 0.3 is 0 Å². The van der Waals surface area contributed by atoms with E-state index in [-0.39, 0.29) is 22.3 Å². The molecule has 0 bridgehead atoms. The lowest BCUT2D eigenvalue weighted by Crippen LogP contribution is -2.30. The van der Waals surface area contributed by atoms with E-state index in [0.29, 0.717) is 5.56 Å². The van der Waals surface area contributed by atoms with Gasteiger partial charge in [0.15, 0.2) is 0 Å². The lowest BCUT2D eigenvalue weighted by atomic mass is 9.93. The van der Waals surface area contributed by atoms with Gasteiger partial charge in [-0.2, -0.15) is 0 Å². The molecule has 4 nitrogen and oxygen atoms in total. The number of amides is 1. The van der Waals surface area contributed by atoms with Crippen LogP contribution in [0.1, 0.15) is 30.6 Å². The van der Waals surface area contributed by atoms with E-state index in [1.807, 2.05) is 4.90 Å². The van der Waals surface area contributed by atoms with Crippen molar-refractivity contribution in [3.63, 3.8) is 0 Å². The van der Waals surface area contributed by atoms with Gasteiger partial charge in [0.2, 0.25) is 0 Å². The van der Waals surface area contributed by atoms with Crippen LogP contribution >= 0.6 is 11.6 Å². The van der Waals surface area contributed by atoms with Crippen molar-refractivity contribution in [1.82, 2.24) is 9.88 Å². The molecule has 5 heteroatoms. The van der Waals surface area contributed by atoms with Crippen LogP contribution in [0, 0.1) is 5.41 Å². The molecule has 1 aliphatic rings. The molecule has 1 aromatic rings. The average Bonchev–Trinajstić information content (AvgIpc) is 2.56. The van der Waals surface area contributed by atoms with Crippen molar-refractivity contribution in [2.75, 3.05) is 18.8 Å². The maximum absolute atomic E-state index is 12.2. The van der Waals surface area contributed by atoms with Gasteiger partial charge in [0, 0.05) is 18.7 Å². The van der Waals surface area contributed by atoms with E-state index in [9.17, 15) is 4.79 Å². The van der Waals surface area contributed by atoms with Crippen molar-refractivity contribution in [3.05, 3.63) is 22.8 Å². The third kappa shape index (κ3) is 2.69. The zero-order valence-electron chi connectivity index (χ0n) is 10.0. The second-order valence-corrected chi connectivity index (χ2v) is 5.63. The summed E-state index contributed by atoms with van der Waals surface area (Å²) in [7, 11) is 0. The zero-order chi connectivity index (χ0) is 12.6. The molecule has 1 saturated heterocycles. The molecule has 0 saturated carbocycles. The predicted octanol–water partition coefficient (Wildman–Crippen LogP) is 2.19. The van der Waals surface area contributed by atoms with E-state index >= 15 is 0 Å². The molecule has 0 radical (unpaired) electrons. The molecule has 0 atom stereocenters. The van der Waals surface area contributed by atoms with Crippen LogP contribution in [0.3, 0.4) is 0 Å². The van der Waals surface area contributed by atoms with Gasteiger partial charge in [-0.15, -0.1) is 0 Å². The molecule has 0 aliphatic carbocycles. The number of anilines is 1. The molecular formula is C12H16ClN3O. The Balaban J connectivity index is 2.20. The van der Waals surface area contributed by atoms with E-state index in [0.717, 1.165) is 19.5 Å². The Bertz CT molecular complexity index is 439. The van der Waals surface area contributed by atoms with Gasteiger partial charge < -0.3 is 10.6 Å². The highest BCUT2D eigenvalue weighted by Gasteiger charge is 2.32. The monoisotopic (exact) mass is 253 g/mol. The summed E-state index contributed by atoms with van der Waals surface area (Å²) in [5.74, 6) is 0.255. The highest BCUT2D eigenvalue weighted by atomic mass is 35.5. The molecular weight excluding hydrogens is 238 g/mol. The molecule has 1 fully saturated rings. The molecule has 2 rings (SSSR count). The summed E-state index contributed by atoms with van der Waals surface area (Å²) in [5, 5.41) is 0.256. The van der Waals surface area contributed by atoms with E-state index < -0.39 is 0 Å². The predicted molar refractivity (Wildman–Crippen MR) is 68.0 cm³/mol. The second kappa shape index (κ2) is 4.18. The Hall–Kier alpha value is -1.29. The molecule has 0 aromatic carbocycles. The van der Waals surface area contributed by atoms with Crippen molar-refractivity contribution in [2.45, 2.75) is 20.3 Å². The number of nitrogens with two attached hydrogens (primary N) is 1. The molecule has 1 amide bonds. The maximum atomic E-state index is 12.2. The number of pyridine rings is 1. The van der Waals surface area contributed by atoms with Crippen molar-refractivity contribution in [1.29, 1.82) is 0 Å². The summed E-state index contributed by atoms with van der Waals surface area (Å²) in [6.45, 7) is 5.87. The minimum absolute atomic E-state index is 0.0217.